The minimum absolute atomic E-state index is 0.0131. The molecule has 0 aliphatic carbocycles. The van der Waals surface area contributed by atoms with Gasteiger partial charge in [0.15, 0.2) is 0 Å². The summed E-state index contributed by atoms with van der Waals surface area (Å²) in [7, 11) is 0. The van der Waals surface area contributed by atoms with Crippen LogP contribution in [0.1, 0.15) is 64.9 Å². The topological polar surface area (TPSA) is 75.6 Å². The van der Waals surface area contributed by atoms with Crippen molar-refractivity contribution in [1.29, 1.82) is 0 Å². The number of piperidine rings is 1. The highest BCUT2D eigenvalue weighted by Gasteiger charge is 2.38. The van der Waals surface area contributed by atoms with Crippen molar-refractivity contribution in [2.24, 2.45) is 11.3 Å². The third kappa shape index (κ3) is 4.13. The summed E-state index contributed by atoms with van der Waals surface area (Å²) in [5.41, 5.74) is 0.484. The molecule has 2 aliphatic heterocycles. The van der Waals surface area contributed by atoms with E-state index in [4.69, 9.17) is 9.72 Å². The van der Waals surface area contributed by atoms with Crippen molar-refractivity contribution in [3.8, 4) is 0 Å². The molecule has 0 aromatic carbocycles. The van der Waals surface area contributed by atoms with Crippen LogP contribution in [0, 0.1) is 18.3 Å². The van der Waals surface area contributed by atoms with Crippen LogP contribution in [0.15, 0.2) is 6.07 Å². The van der Waals surface area contributed by atoms with Crippen molar-refractivity contribution in [2.75, 3.05) is 24.6 Å². The molecule has 28 heavy (non-hydrogen) atoms. The lowest BCUT2D eigenvalue weighted by Gasteiger charge is -2.35. The number of aryl methyl sites for hydroxylation is 1. The summed E-state index contributed by atoms with van der Waals surface area (Å²) in [4.78, 5) is 37.8. The van der Waals surface area contributed by atoms with E-state index in [1.165, 1.54) is 0 Å². The van der Waals surface area contributed by atoms with Gasteiger partial charge in [-0.3, -0.25) is 9.69 Å². The maximum atomic E-state index is 12.5. The maximum Gasteiger partial charge on any atom is 0.415 e. The largest absolute Gasteiger partial charge is 0.447 e. The van der Waals surface area contributed by atoms with Crippen LogP contribution in [0.5, 0.6) is 0 Å². The fourth-order valence-corrected chi connectivity index (χ4v) is 3.89. The van der Waals surface area contributed by atoms with E-state index in [2.05, 4.69) is 18.8 Å². The van der Waals surface area contributed by atoms with Crippen LogP contribution >= 0.6 is 0 Å². The first-order valence-electron chi connectivity index (χ1n) is 10.2. The standard InChI is InChI=1S/C21H32N4O3/c1-13(2)16-12-28-20(27)25(16)17-11-14(3)22-18(23-17)15-7-9-24(10-8-15)19(26)21(4,5)6/h11,13,15-16H,7-10,12H2,1-6H3/t16-/m1/s1. The molecule has 0 saturated carbocycles. The van der Waals surface area contributed by atoms with E-state index in [-0.39, 0.29) is 35.3 Å². The molecule has 0 unspecified atom stereocenters. The summed E-state index contributed by atoms with van der Waals surface area (Å²) >= 11 is 0. The van der Waals surface area contributed by atoms with Crippen molar-refractivity contribution in [3.63, 3.8) is 0 Å². The van der Waals surface area contributed by atoms with Gasteiger partial charge in [-0.2, -0.15) is 0 Å². The van der Waals surface area contributed by atoms with Crippen molar-refractivity contribution in [2.45, 2.75) is 66.3 Å². The Morgan fingerprint density at radius 3 is 2.43 bits per heavy atom. The summed E-state index contributed by atoms with van der Waals surface area (Å²) in [6.07, 6.45) is 1.33. The number of hydrogen-bond donors (Lipinski definition) is 0. The first-order chi connectivity index (χ1) is 13.1. The molecule has 0 radical (unpaired) electrons. The van der Waals surface area contributed by atoms with E-state index in [0.717, 1.165) is 24.4 Å². The normalized spacial score (nSPS) is 21.4. The molecule has 0 bridgehead atoms. The van der Waals surface area contributed by atoms with Gasteiger partial charge < -0.3 is 9.64 Å². The van der Waals surface area contributed by atoms with E-state index in [1.54, 1.807) is 4.90 Å². The van der Waals surface area contributed by atoms with E-state index in [0.29, 0.717) is 25.5 Å². The lowest BCUT2D eigenvalue weighted by molar-refractivity contribution is -0.140. The van der Waals surface area contributed by atoms with Crippen molar-refractivity contribution < 1.29 is 14.3 Å². The highest BCUT2D eigenvalue weighted by atomic mass is 16.6. The highest BCUT2D eigenvalue weighted by molar-refractivity contribution is 5.89. The minimum Gasteiger partial charge on any atom is -0.447 e. The summed E-state index contributed by atoms with van der Waals surface area (Å²) in [5.74, 6) is 2.05. The fourth-order valence-electron chi connectivity index (χ4n) is 3.89. The molecule has 154 valence electrons. The Hall–Kier alpha value is -2.18. The van der Waals surface area contributed by atoms with Gasteiger partial charge in [0.05, 0.1) is 6.04 Å². The number of aromatic nitrogens is 2. The van der Waals surface area contributed by atoms with Crippen molar-refractivity contribution in [3.05, 3.63) is 17.6 Å². The zero-order chi connectivity index (χ0) is 20.6. The van der Waals surface area contributed by atoms with Crippen LogP contribution < -0.4 is 4.90 Å². The van der Waals surface area contributed by atoms with Crippen molar-refractivity contribution in [1.82, 2.24) is 14.9 Å². The smallest absolute Gasteiger partial charge is 0.415 e. The number of amides is 2. The molecule has 0 N–H and O–H groups in total. The number of likely N-dealkylation sites (tertiary alicyclic amines) is 1. The van der Waals surface area contributed by atoms with Crippen LogP contribution in [0.25, 0.3) is 0 Å². The second-order valence-corrected chi connectivity index (χ2v) is 9.30. The molecule has 2 fully saturated rings. The van der Waals surface area contributed by atoms with Gasteiger partial charge in [0.2, 0.25) is 5.91 Å². The van der Waals surface area contributed by atoms with E-state index < -0.39 is 0 Å². The molecule has 7 heteroatoms. The number of nitrogens with zero attached hydrogens (tertiary/aromatic N) is 4. The molecule has 2 aliphatic rings. The molecule has 3 heterocycles. The lowest BCUT2D eigenvalue weighted by Crippen LogP contribution is -2.44. The van der Waals surface area contributed by atoms with Gasteiger partial charge in [-0.05, 0) is 25.7 Å². The molecule has 1 aromatic rings. The number of cyclic esters (lactones) is 1. The molecule has 7 nitrogen and oxygen atoms in total. The number of rotatable bonds is 3. The second-order valence-electron chi connectivity index (χ2n) is 9.30. The first-order valence-corrected chi connectivity index (χ1v) is 10.2. The second kappa shape index (κ2) is 7.68. The molecule has 1 atom stereocenters. The first kappa shape index (κ1) is 20.6. The van der Waals surface area contributed by atoms with E-state index in [1.807, 2.05) is 38.7 Å². The number of anilines is 1. The molecule has 1 aromatic heterocycles. The SMILES string of the molecule is Cc1cc(N2C(=O)OC[C@@H]2C(C)C)nc(C2CCN(C(=O)C(C)(C)C)CC2)n1. The molecular weight excluding hydrogens is 356 g/mol. The molecule has 3 rings (SSSR count). The predicted octanol–water partition coefficient (Wildman–Crippen LogP) is 3.52. The Kier molecular flexibility index (Phi) is 5.64. The van der Waals surface area contributed by atoms with Crippen LogP contribution in [0.4, 0.5) is 10.6 Å². The third-order valence-electron chi connectivity index (χ3n) is 5.57. The van der Waals surface area contributed by atoms with Crippen LogP contribution in [0.3, 0.4) is 0 Å². The van der Waals surface area contributed by atoms with Gasteiger partial charge in [0, 0.05) is 36.2 Å². The Morgan fingerprint density at radius 1 is 1.21 bits per heavy atom. The predicted molar refractivity (Wildman–Crippen MR) is 107 cm³/mol. The number of carbonyl (C=O) groups excluding carboxylic acids is 2. The summed E-state index contributed by atoms with van der Waals surface area (Å²) in [5, 5.41) is 0. The minimum atomic E-state index is -0.359. The zero-order valence-corrected chi connectivity index (χ0v) is 17.9. The van der Waals surface area contributed by atoms with Crippen LogP contribution in [0.2, 0.25) is 0 Å². The summed E-state index contributed by atoms with van der Waals surface area (Å²) in [6.45, 7) is 13.8. The lowest BCUT2D eigenvalue weighted by atomic mass is 9.90. The van der Waals surface area contributed by atoms with E-state index >= 15 is 0 Å². The summed E-state index contributed by atoms with van der Waals surface area (Å²) in [6, 6.07) is 1.84. The van der Waals surface area contributed by atoms with Gasteiger partial charge >= 0.3 is 6.09 Å². The van der Waals surface area contributed by atoms with Gasteiger partial charge in [0.1, 0.15) is 18.2 Å². The van der Waals surface area contributed by atoms with Gasteiger partial charge in [-0.15, -0.1) is 0 Å². The third-order valence-corrected chi connectivity index (χ3v) is 5.57. The summed E-state index contributed by atoms with van der Waals surface area (Å²) < 4.78 is 5.27. The van der Waals surface area contributed by atoms with Gasteiger partial charge in [-0.25, -0.2) is 14.8 Å². The highest BCUT2D eigenvalue weighted by Crippen LogP contribution is 2.31. The monoisotopic (exact) mass is 388 g/mol. The number of ether oxygens (including phenoxy) is 1. The quantitative estimate of drug-likeness (QED) is 0.792. The number of carbonyl (C=O) groups is 2. The Morgan fingerprint density at radius 2 is 1.86 bits per heavy atom. The molecular formula is C21H32N4O3. The Bertz CT molecular complexity index is 749. The molecule has 2 saturated heterocycles. The van der Waals surface area contributed by atoms with Crippen LogP contribution in [-0.2, 0) is 9.53 Å². The van der Waals surface area contributed by atoms with Gasteiger partial charge in [0.25, 0.3) is 0 Å². The van der Waals surface area contributed by atoms with E-state index in [9.17, 15) is 9.59 Å². The average molecular weight is 389 g/mol. The fraction of sp³-hybridized carbons (Fsp3) is 0.714. The average Bonchev–Trinajstić information content (AvgIpc) is 3.02. The van der Waals surface area contributed by atoms with Crippen molar-refractivity contribution >= 4 is 17.8 Å². The molecule has 2 amide bonds. The molecule has 0 spiro atoms. The van der Waals surface area contributed by atoms with Gasteiger partial charge in [-0.1, -0.05) is 34.6 Å². The Balaban J connectivity index is 1.78. The number of hydrogen-bond acceptors (Lipinski definition) is 5. The Labute approximate surface area is 167 Å². The van der Waals surface area contributed by atoms with Crippen LogP contribution in [-0.4, -0.2) is 52.6 Å². The maximum absolute atomic E-state index is 12.5. The zero-order valence-electron chi connectivity index (χ0n) is 17.9.